The molecule has 6 nitrogen and oxygen atoms in total. The summed E-state index contributed by atoms with van der Waals surface area (Å²) >= 11 is 0. The average molecular weight is 412 g/mol. The van der Waals surface area contributed by atoms with Crippen LogP contribution in [0.3, 0.4) is 0 Å². The van der Waals surface area contributed by atoms with Gasteiger partial charge < -0.3 is 0 Å². The van der Waals surface area contributed by atoms with E-state index in [2.05, 4.69) is 15.2 Å². The summed E-state index contributed by atoms with van der Waals surface area (Å²) in [5, 5.41) is 8.20. The summed E-state index contributed by atoms with van der Waals surface area (Å²) < 4.78 is 41.5. The van der Waals surface area contributed by atoms with Crippen molar-refractivity contribution >= 4 is 0 Å². The van der Waals surface area contributed by atoms with Crippen LogP contribution in [0, 0.1) is 6.92 Å². The summed E-state index contributed by atoms with van der Waals surface area (Å²) in [6, 6.07) is 12.7. The third-order valence-electron chi connectivity index (χ3n) is 4.85. The molecule has 0 aromatic carbocycles. The number of aryl methyl sites for hydroxylation is 1. The van der Waals surface area contributed by atoms with Crippen molar-refractivity contribution < 1.29 is 13.2 Å². The second-order valence-corrected chi connectivity index (χ2v) is 7.46. The van der Waals surface area contributed by atoms with E-state index in [1.54, 1.807) is 16.8 Å². The van der Waals surface area contributed by atoms with E-state index < -0.39 is 17.2 Å². The maximum Gasteiger partial charge on any atom is 0.419 e. The first kappa shape index (κ1) is 19.8. The Morgan fingerprint density at radius 3 is 1.93 bits per heavy atom. The van der Waals surface area contributed by atoms with E-state index in [0.29, 0.717) is 17.3 Å². The minimum absolute atomic E-state index is 0.301. The lowest BCUT2D eigenvalue weighted by atomic mass is 9.84. The van der Waals surface area contributed by atoms with Crippen molar-refractivity contribution in [1.29, 1.82) is 0 Å². The standard InChI is InChI=1S/C21H19F3N6/c1-14-10-11-29(28-14)18-8-4-6-16(26-18)20(2,3)17-7-5-9-19(27-17)30-13-15(12-25-30)21(22,23)24/h4-13H,1-3H3. The van der Waals surface area contributed by atoms with E-state index in [1.165, 1.54) is 0 Å². The van der Waals surface area contributed by atoms with Crippen LogP contribution < -0.4 is 0 Å². The molecule has 0 aliphatic carbocycles. The first-order chi connectivity index (χ1) is 14.1. The molecule has 0 saturated heterocycles. The van der Waals surface area contributed by atoms with Crippen molar-refractivity contribution in [2.75, 3.05) is 0 Å². The molecule has 0 aliphatic heterocycles. The monoisotopic (exact) mass is 412 g/mol. The molecule has 154 valence electrons. The molecule has 0 aliphatic rings. The molecular weight excluding hydrogens is 393 g/mol. The molecule has 4 aromatic rings. The van der Waals surface area contributed by atoms with Crippen LogP contribution in [0.1, 0.15) is 36.5 Å². The van der Waals surface area contributed by atoms with Crippen LogP contribution in [-0.4, -0.2) is 29.5 Å². The molecule has 0 atom stereocenters. The van der Waals surface area contributed by atoms with Gasteiger partial charge in [0.2, 0.25) is 0 Å². The summed E-state index contributed by atoms with van der Waals surface area (Å²) in [5.41, 5.74) is 0.875. The fraction of sp³-hybridized carbons (Fsp3) is 0.238. The maximum absolute atomic E-state index is 12.9. The lowest BCUT2D eigenvalue weighted by molar-refractivity contribution is -0.137. The molecule has 0 bridgehead atoms. The molecule has 4 aromatic heterocycles. The highest BCUT2D eigenvalue weighted by atomic mass is 19.4. The lowest BCUT2D eigenvalue weighted by Gasteiger charge is -2.24. The Hall–Kier alpha value is -3.49. The Morgan fingerprint density at radius 1 is 0.833 bits per heavy atom. The van der Waals surface area contributed by atoms with E-state index in [9.17, 15) is 13.2 Å². The topological polar surface area (TPSA) is 61.4 Å². The summed E-state index contributed by atoms with van der Waals surface area (Å²) in [5.74, 6) is 0.974. The predicted octanol–water partition coefficient (Wildman–Crippen LogP) is 4.50. The summed E-state index contributed by atoms with van der Waals surface area (Å²) in [4.78, 5) is 9.30. The zero-order chi connectivity index (χ0) is 21.5. The highest BCUT2D eigenvalue weighted by Gasteiger charge is 2.32. The molecule has 0 saturated carbocycles. The molecule has 0 radical (unpaired) electrons. The van der Waals surface area contributed by atoms with Crippen molar-refractivity contribution in [3.8, 4) is 11.6 Å². The third-order valence-corrected chi connectivity index (χ3v) is 4.85. The largest absolute Gasteiger partial charge is 0.419 e. The molecule has 9 heteroatoms. The fourth-order valence-corrected chi connectivity index (χ4v) is 3.07. The van der Waals surface area contributed by atoms with Crippen LogP contribution in [0.25, 0.3) is 11.6 Å². The van der Waals surface area contributed by atoms with E-state index in [4.69, 9.17) is 4.98 Å². The van der Waals surface area contributed by atoms with Gasteiger partial charge in [-0.1, -0.05) is 12.1 Å². The molecule has 0 N–H and O–H groups in total. The van der Waals surface area contributed by atoms with Crippen LogP contribution in [0.15, 0.2) is 61.1 Å². The predicted molar refractivity (Wildman–Crippen MR) is 105 cm³/mol. The number of hydrogen-bond donors (Lipinski definition) is 0. The van der Waals surface area contributed by atoms with E-state index >= 15 is 0 Å². The van der Waals surface area contributed by atoms with Gasteiger partial charge in [-0.05, 0) is 51.1 Å². The Morgan fingerprint density at radius 2 is 1.43 bits per heavy atom. The van der Waals surface area contributed by atoms with Gasteiger partial charge in [0.1, 0.15) is 0 Å². The number of halogens is 3. The van der Waals surface area contributed by atoms with Gasteiger partial charge in [-0.3, -0.25) is 0 Å². The van der Waals surface area contributed by atoms with Crippen molar-refractivity contribution in [2.24, 2.45) is 0 Å². The second-order valence-electron chi connectivity index (χ2n) is 7.46. The fourth-order valence-electron chi connectivity index (χ4n) is 3.07. The lowest BCUT2D eigenvalue weighted by Crippen LogP contribution is -2.23. The van der Waals surface area contributed by atoms with Gasteiger partial charge in [-0.25, -0.2) is 19.3 Å². The highest BCUT2D eigenvalue weighted by Crippen LogP contribution is 2.31. The van der Waals surface area contributed by atoms with Gasteiger partial charge in [0, 0.05) is 17.8 Å². The molecule has 4 heterocycles. The molecule has 30 heavy (non-hydrogen) atoms. The van der Waals surface area contributed by atoms with Crippen molar-refractivity contribution in [1.82, 2.24) is 29.5 Å². The maximum atomic E-state index is 12.9. The number of pyridine rings is 2. The second kappa shape index (κ2) is 7.08. The van der Waals surface area contributed by atoms with Crippen LogP contribution in [0.2, 0.25) is 0 Å². The molecule has 4 rings (SSSR count). The Balaban J connectivity index is 1.70. The SMILES string of the molecule is Cc1ccn(-c2cccc(C(C)(C)c3cccc(-n4cc(C(F)(F)F)cn4)n3)n2)n1. The van der Waals surface area contributed by atoms with Crippen LogP contribution in [0.5, 0.6) is 0 Å². The Bertz CT molecular complexity index is 1190. The molecule has 0 fully saturated rings. The first-order valence-corrected chi connectivity index (χ1v) is 9.24. The van der Waals surface area contributed by atoms with Crippen LogP contribution in [0.4, 0.5) is 13.2 Å². The number of rotatable bonds is 4. The highest BCUT2D eigenvalue weighted by molar-refractivity contribution is 5.36. The van der Waals surface area contributed by atoms with Gasteiger partial charge in [0.15, 0.2) is 11.6 Å². The summed E-state index contributed by atoms with van der Waals surface area (Å²) in [7, 11) is 0. The number of aromatic nitrogens is 6. The van der Waals surface area contributed by atoms with Gasteiger partial charge in [-0.15, -0.1) is 0 Å². The third kappa shape index (κ3) is 3.70. The average Bonchev–Trinajstić information content (AvgIpc) is 3.37. The normalized spacial score (nSPS) is 12.3. The van der Waals surface area contributed by atoms with E-state index in [0.717, 1.165) is 28.5 Å². The summed E-state index contributed by atoms with van der Waals surface area (Å²) in [6.45, 7) is 5.83. The molecule has 0 amide bonds. The minimum atomic E-state index is -4.45. The van der Waals surface area contributed by atoms with Gasteiger partial charge in [-0.2, -0.15) is 23.4 Å². The van der Waals surface area contributed by atoms with Gasteiger partial charge in [0.05, 0.1) is 28.8 Å². The minimum Gasteiger partial charge on any atom is -0.233 e. The van der Waals surface area contributed by atoms with E-state index in [-0.39, 0.29) is 0 Å². The van der Waals surface area contributed by atoms with Gasteiger partial charge >= 0.3 is 6.18 Å². The van der Waals surface area contributed by atoms with Crippen molar-refractivity contribution in [3.05, 3.63) is 83.7 Å². The molecule has 0 spiro atoms. The summed E-state index contributed by atoms with van der Waals surface area (Å²) in [6.07, 6.45) is -0.901. The smallest absolute Gasteiger partial charge is 0.233 e. The Kier molecular flexibility index (Phi) is 4.68. The number of nitrogens with zero attached hydrogens (tertiary/aromatic N) is 6. The van der Waals surface area contributed by atoms with Crippen molar-refractivity contribution in [2.45, 2.75) is 32.4 Å². The quantitative estimate of drug-likeness (QED) is 0.495. The number of hydrogen-bond acceptors (Lipinski definition) is 4. The first-order valence-electron chi connectivity index (χ1n) is 9.24. The van der Waals surface area contributed by atoms with Gasteiger partial charge in [0.25, 0.3) is 0 Å². The van der Waals surface area contributed by atoms with E-state index in [1.807, 2.05) is 57.3 Å². The zero-order valence-electron chi connectivity index (χ0n) is 16.6. The van der Waals surface area contributed by atoms with Crippen molar-refractivity contribution in [3.63, 3.8) is 0 Å². The number of alkyl halides is 3. The zero-order valence-corrected chi connectivity index (χ0v) is 16.6. The molecular formula is C21H19F3N6. The molecule has 0 unspecified atom stereocenters. The van der Waals surface area contributed by atoms with Crippen LogP contribution >= 0.6 is 0 Å². The van der Waals surface area contributed by atoms with Crippen LogP contribution in [-0.2, 0) is 11.6 Å². The Labute approximate surface area is 171 Å².